The predicted octanol–water partition coefficient (Wildman–Crippen LogP) is 2.16. The van der Waals surface area contributed by atoms with Crippen LogP contribution in [0.1, 0.15) is 51.4 Å². The molecule has 8 unspecified atom stereocenters. The quantitative estimate of drug-likeness (QED) is 0.423. The first kappa shape index (κ1) is 33.2. The van der Waals surface area contributed by atoms with Crippen LogP contribution in [-0.4, -0.2) is 121 Å². The van der Waals surface area contributed by atoms with Crippen LogP contribution in [0.5, 0.6) is 0 Å². The van der Waals surface area contributed by atoms with Crippen LogP contribution in [0.4, 0.5) is 17.6 Å². The summed E-state index contributed by atoms with van der Waals surface area (Å²) in [6, 6.07) is -0.398. The third kappa shape index (κ3) is 7.06. The van der Waals surface area contributed by atoms with Crippen LogP contribution in [0.3, 0.4) is 0 Å². The summed E-state index contributed by atoms with van der Waals surface area (Å²) >= 11 is 0. The normalized spacial score (nSPS) is 37.6. The molecule has 6 aliphatic rings. The number of fused-ring (bicyclic) bond motifs is 1. The van der Waals surface area contributed by atoms with Gasteiger partial charge in [-0.2, -0.15) is 18.4 Å². The molecule has 0 radical (unpaired) electrons. The monoisotopic (exact) mass is 652 g/mol. The van der Waals surface area contributed by atoms with E-state index < -0.39 is 66.0 Å². The Bertz CT molecular complexity index is 1230. The van der Waals surface area contributed by atoms with Crippen molar-refractivity contribution in [2.75, 3.05) is 52.4 Å². The smallest absolute Gasteiger partial charge is 0.377 e. The van der Waals surface area contributed by atoms with E-state index in [9.17, 15) is 37.2 Å². The van der Waals surface area contributed by atoms with Crippen LogP contribution >= 0.6 is 0 Å². The van der Waals surface area contributed by atoms with Crippen molar-refractivity contribution in [2.45, 2.75) is 87.9 Å². The van der Waals surface area contributed by atoms with E-state index in [4.69, 9.17) is 4.74 Å². The fraction of sp³-hybridized carbons (Fsp3) is 0.812. The lowest BCUT2D eigenvalue weighted by atomic mass is 9.70. The van der Waals surface area contributed by atoms with Crippen molar-refractivity contribution in [3.8, 4) is 6.07 Å². The summed E-state index contributed by atoms with van der Waals surface area (Å²) in [6.07, 6.45) is -0.922. The lowest BCUT2D eigenvalue weighted by molar-refractivity contribution is -0.209. The van der Waals surface area contributed by atoms with E-state index in [1.807, 2.05) is 6.07 Å². The fourth-order valence-corrected chi connectivity index (χ4v) is 8.74. The Labute approximate surface area is 266 Å². The molecule has 0 aromatic heterocycles. The SMILES string of the molecule is N#CC1CC(C(=O)N2CCN(CC3CCCO3)CC2)C(N2CC[C@@H](NC(=O)C3=CC(=O)NC4C(F)CCCC34)C2)C(C(F)(F)F)C1. The Hall–Kier alpha value is -2.76. The minimum Gasteiger partial charge on any atom is -0.377 e. The van der Waals surface area contributed by atoms with Gasteiger partial charge in [-0.1, -0.05) is 0 Å². The zero-order valence-corrected chi connectivity index (χ0v) is 26.0. The number of nitrogens with one attached hydrogen (secondary N) is 2. The minimum atomic E-state index is -4.61. The average Bonchev–Trinajstić information content (AvgIpc) is 3.72. The average molecular weight is 653 g/mol. The van der Waals surface area contributed by atoms with Crippen molar-refractivity contribution in [1.82, 2.24) is 25.3 Å². The minimum absolute atomic E-state index is 0.0612. The number of nitrogens with zero attached hydrogens (tertiary/aromatic N) is 4. The Balaban J connectivity index is 1.14. The molecular weight excluding hydrogens is 608 g/mol. The zero-order chi connectivity index (χ0) is 32.6. The predicted molar refractivity (Wildman–Crippen MR) is 158 cm³/mol. The number of rotatable bonds is 6. The van der Waals surface area contributed by atoms with Gasteiger partial charge in [-0.3, -0.25) is 24.2 Å². The maximum atomic E-state index is 14.6. The van der Waals surface area contributed by atoms with Gasteiger partial charge in [-0.05, 0) is 51.4 Å². The van der Waals surface area contributed by atoms with Gasteiger partial charge in [0.1, 0.15) is 6.17 Å². The number of piperazine rings is 1. The molecule has 10 nitrogen and oxygen atoms in total. The summed E-state index contributed by atoms with van der Waals surface area (Å²) in [5.74, 6) is -5.57. The number of carbonyl (C=O) groups is 3. The van der Waals surface area contributed by atoms with Crippen LogP contribution in [0.2, 0.25) is 0 Å². The van der Waals surface area contributed by atoms with Gasteiger partial charge < -0.3 is 20.3 Å². The standard InChI is InChI=1S/C32H44F4N6O4/c33-26-5-1-4-22-23(15-27(43)39-28(22)26)30(44)38-20-6-7-42(17-20)29-24(13-19(16-37)14-25(29)32(34,35)36)31(45)41-10-8-40(9-11-41)18-21-3-2-12-46-21/h15,19-22,24-26,28-29H,1-14,17-18H2,(H,38,44)(H,39,43)/t19?,20-,21?,22?,24?,25?,26?,28?,29?/m1/s1. The number of amides is 3. The first-order valence-electron chi connectivity index (χ1n) is 16.8. The molecule has 254 valence electrons. The second kappa shape index (κ2) is 13.8. The summed E-state index contributed by atoms with van der Waals surface area (Å²) < 4.78 is 64.2. The van der Waals surface area contributed by atoms with Crippen molar-refractivity contribution in [3.05, 3.63) is 11.6 Å². The van der Waals surface area contributed by atoms with Crippen molar-refractivity contribution in [1.29, 1.82) is 5.26 Å². The summed E-state index contributed by atoms with van der Waals surface area (Å²) in [7, 11) is 0. The number of halogens is 4. The third-order valence-electron chi connectivity index (χ3n) is 11.0. The van der Waals surface area contributed by atoms with Gasteiger partial charge >= 0.3 is 6.18 Å². The maximum Gasteiger partial charge on any atom is 0.393 e. The summed E-state index contributed by atoms with van der Waals surface area (Å²) in [6.45, 7) is 3.93. The first-order valence-corrected chi connectivity index (χ1v) is 16.8. The highest BCUT2D eigenvalue weighted by Crippen LogP contribution is 2.46. The van der Waals surface area contributed by atoms with Crippen LogP contribution in [-0.2, 0) is 19.1 Å². The van der Waals surface area contributed by atoms with Gasteiger partial charge in [0, 0.05) is 88.0 Å². The van der Waals surface area contributed by atoms with E-state index in [1.54, 1.807) is 9.80 Å². The number of alkyl halides is 4. The molecule has 2 saturated carbocycles. The second-order valence-electron chi connectivity index (χ2n) is 13.9. The van der Waals surface area contributed by atoms with E-state index in [0.29, 0.717) is 51.9 Å². The molecule has 3 saturated heterocycles. The molecule has 9 atom stereocenters. The molecule has 46 heavy (non-hydrogen) atoms. The van der Waals surface area contributed by atoms with E-state index >= 15 is 0 Å². The molecule has 4 aliphatic heterocycles. The Morgan fingerprint density at radius 3 is 2.54 bits per heavy atom. The van der Waals surface area contributed by atoms with Gasteiger partial charge in [-0.15, -0.1) is 0 Å². The van der Waals surface area contributed by atoms with Gasteiger partial charge in [0.15, 0.2) is 0 Å². The lowest BCUT2D eigenvalue weighted by Crippen LogP contribution is -2.60. The topological polar surface area (TPSA) is 118 Å². The number of carbonyl (C=O) groups excluding carboxylic acids is 3. The molecule has 3 amide bonds. The molecule has 14 heteroatoms. The van der Waals surface area contributed by atoms with Crippen molar-refractivity contribution in [3.63, 3.8) is 0 Å². The van der Waals surface area contributed by atoms with Crippen molar-refractivity contribution < 1.29 is 36.7 Å². The van der Waals surface area contributed by atoms with Crippen molar-refractivity contribution >= 4 is 17.7 Å². The number of hydrogen-bond donors (Lipinski definition) is 2. The highest BCUT2D eigenvalue weighted by atomic mass is 19.4. The Kier molecular flexibility index (Phi) is 9.92. The fourth-order valence-electron chi connectivity index (χ4n) is 8.74. The lowest BCUT2D eigenvalue weighted by Gasteiger charge is -2.47. The van der Waals surface area contributed by atoms with E-state index in [-0.39, 0.29) is 43.5 Å². The number of likely N-dealkylation sites (tertiary alicyclic amines) is 1. The van der Waals surface area contributed by atoms with Crippen LogP contribution < -0.4 is 10.6 Å². The molecule has 6 rings (SSSR count). The molecule has 2 N–H and O–H groups in total. The van der Waals surface area contributed by atoms with E-state index in [0.717, 1.165) is 26.0 Å². The van der Waals surface area contributed by atoms with Crippen LogP contribution in [0, 0.1) is 35.0 Å². The second-order valence-corrected chi connectivity index (χ2v) is 13.9. The van der Waals surface area contributed by atoms with Gasteiger partial charge in [0.05, 0.1) is 30.1 Å². The summed E-state index contributed by atoms with van der Waals surface area (Å²) in [5, 5.41) is 15.2. The number of nitriles is 1. The number of ether oxygens (including phenoxy) is 1. The third-order valence-corrected chi connectivity index (χ3v) is 11.0. The molecule has 2 aliphatic carbocycles. The summed E-state index contributed by atoms with van der Waals surface area (Å²) in [5.41, 5.74) is 0.212. The Morgan fingerprint density at radius 1 is 1.07 bits per heavy atom. The van der Waals surface area contributed by atoms with Crippen LogP contribution in [0.25, 0.3) is 0 Å². The van der Waals surface area contributed by atoms with Gasteiger partial charge in [0.25, 0.3) is 0 Å². The number of hydrogen-bond acceptors (Lipinski definition) is 7. The summed E-state index contributed by atoms with van der Waals surface area (Å²) in [4.78, 5) is 45.2. The molecule has 5 fully saturated rings. The van der Waals surface area contributed by atoms with Gasteiger partial charge in [-0.25, -0.2) is 4.39 Å². The van der Waals surface area contributed by atoms with Gasteiger partial charge in [0.2, 0.25) is 17.7 Å². The Morgan fingerprint density at radius 2 is 1.85 bits per heavy atom. The zero-order valence-electron chi connectivity index (χ0n) is 26.0. The van der Waals surface area contributed by atoms with Crippen LogP contribution in [0.15, 0.2) is 11.6 Å². The largest absolute Gasteiger partial charge is 0.393 e. The first-order chi connectivity index (χ1) is 22.0. The van der Waals surface area contributed by atoms with Crippen molar-refractivity contribution in [2.24, 2.45) is 23.7 Å². The molecular formula is C32H44F4N6O4. The highest BCUT2D eigenvalue weighted by molar-refractivity contribution is 6.03. The maximum absolute atomic E-state index is 14.6. The molecule has 0 spiro atoms. The van der Waals surface area contributed by atoms with E-state index in [1.165, 1.54) is 6.08 Å². The molecule has 0 aromatic carbocycles. The molecule has 0 aromatic rings. The molecule has 0 bridgehead atoms. The molecule has 4 heterocycles. The highest BCUT2D eigenvalue weighted by Gasteiger charge is 2.56. The van der Waals surface area contributed by atoms with E-state index in [2.05, 4.69) is 15.5 Å².